The molecule has 1 N–H and O–H groups in total. The van der Waals surface area contributed by atoms with Gasteiger partial charge in [0.1, 0.15) is 5.75 Å². The van der Waals surface area contributed by atoms with Crippen LogP contribution in [0.1, 0.15) is 16.1 Å². The number of aryl methyl sites for hydroxylation is 1. The number of nitrogens with zero attached hydrogens (tertiary/aromatic N) is 1. The van der Waals surface area contributed by atoms with Crippen molar-refractivity contribution in [3.63, 3.8) is 0 Å². The summed E-state index contributed by atoms with van der Waals surface area (Å²) in [6.07, 6.45) is 0. The van der Waals surface area contributed by atoms with Crippen molar-refractivity contribution in [1.82, 2.24) is 4.98 Å². The maximum Gasteiger partial charge on any atom is 0.336 e. The Balaban J connectivity index is 2.91. The summed E-state index contributed by atoms with van der Waals surface area (Å²) in [5.41, 5.74) is 1.54. The first-order valence-corrected chi connectivity index (χ1v) is 4.81. The predicted octanol–water partition coefficient (Wildman–Crippen LogP) is 2.25. The lowest BCUT2D eigenvalue weighted by Crippen LogP contribution is -2.01. The van der Waals surface area contributed by atoms with Crippen LogP contribution in [0.4, 0.5) is 0 Å². The smallest absolute Gasteiger partial charge is 0.336 e. The van der Waals surface area contributed by atoms with Crippen molar-refractivity contribution in [3.8, 4) is 5.75 Å². The molecule has 1 aromatic carbocycles. The van der Waals surface area contributed by atoms with E-state index in [1.54, 1.807) is 31.2 Å². The van der Waals surface area contributed by atoms with Gasteiger partial charge in [-0.15, -0.1) is 0 Å². The SMILES string of the molecule is COc1cccc2nc(C)cc(C(=O)O)c12. The van der Waals surface area contributed by atoms with Crippen molar-refractivity contribution < 1.29 is 14.6 Å². The van der Waals surface area contributed by atoms with Gasteiger partial charge >= 0.3 is 5.97 Å². The van der Waals surface area contributed by atoms with Gasteiger partial charge in [-0.2, -0.15) is 0 Å². The van der Waals surface area contributed by atoms with Gasteiger partial charge in [-0.05, 0) is 25.1 Å². The van der Waals surface area contributed by atoms with Gasteiger partial charge in [0.15, 0.2) is 0 Å². The number of methoxy groups -OCH3 is 1. The van der Waals surface area contributed by atoms with Crippen molar-refractivity contribution in [1.29, 1.82) is 0 Å². The maximum atomic E-state index is 11.2. The summed E-state index contributed by atoms with van der Waals surface area (Å²) >= 11 is 0. The monoisotopic (exact) mass is 217 g/mol. The van der Waals surface area contributed by atoms with Crippen LogP contribution < -0.4 is 4.74 Å². The normalized spacial score (nSPS) is 10.4. The van der Waals surface area contributed by atoms with Crippen molar-refractivity contribution in [2.45, 2.75) is 6.92 Å². The fourth-order valence-electron chi connectivity index (χ4n) is 1.73. The molecule has 16 heavy (non-hydrogen) atoms. The number of fused-ring (bicyclic) bond motifs is 1. The van der Waals surface area contributed by atoms with Crippen LogP contribution >= 0.6 is 0 Å². The van der Waals surface area contributed by atoms with Crippen molar-refractivity contribution in [2.24, 2.45) is 0 Å². The number of carbonyl (C=O) groups is 1. The molecule has 1 aromatic heterocycles. The summed E-state index contributed by atoms with van der Waals surface area (Å²) in [4.78, 5) is 15.4. The number of hydrogen-bond acceptors (Lipinski definition) is 3. The molecule has 4 nitrogen and oxygen atoms in total. The third-order valence-electron chi connectivity index (χ3n) is 2.37. The molecule has 1 heterocycles. The first kappa shape index (κ1) is 10.4. The van der Waals surface area contributed by atoms with E-state index in [0.717, 1.165) is 0 Å². The lowest BCUT2D eigenvalue weighted by Gasteiger charge is -2.08. The van der Waals surface area contributed by atoms with E-state index in [4.69, 9.17) is 9.84 Å². The largest absolute Gasteiger partial charge is 0.496 e. The molecule has 0 aliphatic carbocycles. The van der Waals surface area contributed by atoms with E-state index in [9.17, 15) is 4.79 Å². The molecule has 0 spiro atoms. The molecule has 0 atom stereocenters. The Morgan fingerprint density at radius 2 is 2.19 bits per heavy atom. The average Bonchev–Trinajstić information content (AvgIpc) is 2.26. The number of benzene rings is 1. The first-order chi connectivity index (χ1) is 7.63. The van der Waals surface area contributed by atoms with Crippen molar-refractivity contribution >= 4 is 16.9 Å². The summed E-state index contributed by atoms with van der Waals surface area (Å²) in [5.74, 6) is -0.442. The minimum atomic E-state index is -0.972. The predicted molar refractivity (Wildman–Crippen MR) is 60.0 cm³/mol. The average molecular weight is 217 g/mol. The van der Waals surface area contributed by atoms with Crippen LogP contribution in [0.2, 0.25) is 0 Å². The van der Waals surface area contributed by atoms with Gasteiger partial charge in [0.05, 0.1) is 23.6 Å². The van der Waals surface area contributed by atoms with Crippen LogP contribution in [0, 0.1) is 6.92 Å². The fraction of sp³-hybridized carbons (Fsp3) is 0.167. The molecule has 0 saturated carbocycles. The van der Waals surface area contributed by atoms with Gasteiger partial charge in [-0.3, -0.25) is 4.98 Å². The van der Waals surface area contributed by atoms with Crippen LogP contribution in [0.5, 0.6) is 5.75 Å². The van der Waals surface area contributed by atoms with Crippen LogP contribution in [0.25, 0.3) is 10.9 Å². The highest BCUT2D eigenvalue weighted by Gasteiger charge is 2.14. The van der Waals surface area contributed by atoms with Crippen LogP contribution in [-0.2, 0) is 0 Å². The van der Waals surface area contributed by atoms with Gasteiger partial charge in [0.2, 0.25) is 0 Å². The van der Waals surface area contributed by atoms with Gasteiger partial charge < -0.3 is 9.84 Å². The Hall–Kier alpha value is -2.10. The number of ether oxygens (including phenoxy) is 1. The van der Waals surface area contributed by atoms with Gasteiger partial charge in [0.25, 0.3) is 0 Å². The summed E-state index contributed by atoms with van der Waals surface area (Å²) < 4.78 is 5.15. The standard InChI is InChI=1S/C12H11NO3/c1-7-6-8(12(14)15)11-9(13-7)4-3-5-10(11)16-2/h3-6H,1-2H3,(H,14,15). The van der Waals surface area contributed by atoms with E-state index >= 15 is 0 Å². The van der Waals surface area contributed by atoms with E-state index in [1.807, 2.05) is 0 Å². The Bertz CT molecular complexity index is 563. The van der Waals surface area contributed by atoms with E-state index in [2.05, 4.69) is 4.98 Å². The highest BCUT2D eigenvalue weighted by molar-refractivity contribution is 6.05. The molecule has 82 valence electrons. The number of rotatable bonds is 2. The minimum Gasteiger partial charge on any atom is -0.496 e. The maximum absolute atomic E-state index is 11.2. The summed E-state index contributed by atoms with van der Waals surface area (Å²) in [6.45, 7) is 1.77. The molecule has 0 saturated heterocycles. The first-order valence-electron chi connectivity index (χ1n) is 4.81. The zero-order chi connectivity index (χ0) is 11.7. The molecule has 0 aliphatic rings. The molecule has 0 radical (unpaired) electrons. The number of aromatic nitrogens is 1. The zero-order valence-electron chi connectivity index (χ0n) is 9.02. The molecule has 0 fully saturated rings. The highest BCUT2D eigenvalue weighted by Crippen LogP contribution is 2.28. The Labute approximate surface area is 92.5 Å². The topological polar surface area (TPSA) is 59.4 Å². The number of hydrogen-bond donors (Lipinski definition) is 1. The fourth-order valence-corrected chi connectivity index (χ4v) is 1.73. The highest BCUT2D eigenvalue weighted by atomic mass is 16.5. The lowest BCUT2D eigenvalue weighted by atomic mass is 10.1. The summed E-state index contributed by atoms with van der Waals surface area (Å²) in [7, 11) is 1.51. The lowest BCUT2D eigenvalue weighted by molar-refractivity contribution is 0.0698. The summed E-state index contributed by atoms with van der Waals surface area (Å²) in [6, 6.07) is 6.84. The van der Waals surface area contributed by atoms with Gasteiger partial charge in [0, 0.05) is 5.69 Å². The molecule has 0 unspecified atom stereocenters. The molecule has 0 bridgehead atoms. The second-order valence-corrected chi connectivity index (χ2v) is 3.47. The summed E-state index contributed by atoms with van der Waals surface area (Å²) in [5, 5.41) is 9.69. The van der Waals surface area contributed by atoms with Crippen LogP contribution in [0.3, 0.4) is 0 Å². The van der Waals surface area contributed by atoms with Crippen molar-refractivity contribution in [2.75, 3.05) is 7.11 Å². The minimum absolute atomic E-state index is 0.222. The molecule has 2 aromatic rings. The quantitative estimate of drug-likeness (QED) is 0.838. The Morgan fingerprint density at radius 3 is 2.81 bits per heavy atom. The van der Waals surface area contributed by atoms with E-state index in [1.165, 1.54) is 7.11 Å². The van der Waals surface area contributed by atoms with E-state index in [0.29, 0.717) is 22.3 Å². The molecule has 2 rings (SSSR count). The number of aromatic carboxylic acids is 1. The second kappa shape index (κ2) is 3.81. The van der Waals surface area contributed by atoms with Gasteiger partial charge in [-0.1, -0.05) is 6.07 Å². The molecule has 0 amide bonds. The molecular formula is C12H11NO3. The zero-order valence-corrected chi connectivity index (χ0v) is 9.02. The van der Waals surface area contributed by atoms with Crippen molar-refractivity contribution in [3.05, 3.63) is 35.5 Å². The Kier molecular flexibility index (Phi) is 2.48. The Morgan fingerprint density at radius 1 is 1.44 bits per heavy atom. The molecular weight excluding hydrogens is 206 g/mol. The number of pyridine rings is 1. The van der Waals surface area contributed by atoms with Crippen LogP contribution in [-0.4, -0.2) is 23.2 Å². The second-order valence-electron chi connectivity index (χ2n) is 3.47. The molecule has 4 heteroatoms. The van der Waals surface area contributed by atoms with Gasteiger partial charge in [-0.25, -0.2) is 4.79 Å². The van der Waals surface area contributed by atoms with E-state index < -0.39 is 5.97 Å². The number of carboxylic acid groups (broad SMARTS) is 1. The molecule has 0 aliphatic heterocycles. The number of carboxylic acids is 1. The van der Waals surface area contributed by atoms with Crippen LogP contribution in [0.15, 0.2) is 24.3 Å². The third-order valence-corrected chi connectivity index (χ3v) is 2.37. The van der Waals surface area contributed by atoms with E-state index in [-0.39, 0.29) is 5.56 Å². The third kappa shape index (κ3) is 1.58.